The Morgan fingerprint density at radius 2 is 1.90 bits per heavy atom. The van der Waals surface area contributed by atoms with Gasteiger partial charge in [0.15, 0.2) is 0 Å². The molecule has 7 heteroatoms. The molecule has 0 radical (unpaired) electrons. The largest absolute Gasteiger partial charge is 0.450 e. The Labute approximate surface area is 177 Å². The molecule has 29 heavy (non-hydrogen) atoms. The Balaban J connectivity index is 1.88. The number of ether oxygens (including phenoxy) is 1. The molecule has 0 aliphatic carbocycles. The van der Waals surface area contributed by atoms with Crippen LogP contribution in [0.4, 0.5) is 4.79 Å². The molecule has 1 heterocycles. The van der Waals surface area contributed by atoms with Crippen LogP contribution in [0.15, 0.2) is 29.6 Å². The molecule has 6 nitrogen and oxygen atoms in total. The SMILES string of the molecule is CCOC(=O)NC(CNC(=O)Cc1csc(-c2ccc(CC)cc2)n1)CC(C)C. The number of carbonyl (C=O) groups excluding carboxylic acids is 2. The average molecular weight is 418 g/mol. The first-order valence-electron chi connectivity index (χ1n) is 10.1. The highest BCUT2D eigenvalue weighted by Crippen LogP contribution is 2.24. The second kappa shape index (κ2) is 11.6. The van der Waals surface area contributed by atoms with Gasteiger partial charge in [0.2, 0.25) is 5.91 Å². The minimum atomic E-state index is -0.453. The summed E-state index contributed by atoms with van der Waals surface area (Å²) >= 11 is 1.54. The van der Waals surface area contributed by atoms with Crippen molar-refractivity contribution >= 4 is 23.3 Å². The zero-order valence-corrected chi connectivity index (χ0v) is 18.5. The molecule has 1 unspecified atom stereocenters. The molecule has 2 amide bonds. The summed E-state index contributed by atoms with van der Waals surface area (Å²) in [6, 6.07) is 8.18. The van der Waals surface area contributed by atoms with Gasteiger partial charge in [-0.2, -0.15) is 0 Å². The number of benzene rings is 1. The highest BCUT2D eigenvalue weighted by molar-refractivity contribution is 7.13. The molecule has 0 aliphatic rings. The van der Waals surface area contributed by atoms with E-state index >= 15 is 0 Å². The lowest BCUT2D eigenvalue weighted by atomic mass is 10.0. The van der Waals surface area contributed by atoms with Crippen molar-refractivity contribution in [2.24, 2.45) is 5.92 Å². The zero-order chi connectivity index (χ0) is 21.2. The molecule has 0 saturated carbocycles. The van der Waals surface area contributed by atoms with Gasteiger partial charge in [-0.1, -0.05) is 45.0 Å². The standard InChI is InChI=1S/C22H31N3O3S/c1-5-16-7-9-17(10-8-16)21-24-19(14-29-21)12-20(26)23-13-18(11-15(3)4)25-22(27)28-6-2/h7-10,14-15,18H,5-6,11-13H2,1-4H3,(H,23,26)(H,25,27). The van der Waals surface area contributed by atoms with Crippen LogP contribution in [0, 0.1) is 5.92 Å². The third kappa shape index (κ3) is 7.85. The maximum atomic E-state index is 12.4. The molecule has 0 fully saturated rings. The third-order valence-corrected chi connectivity index (χ3v) is 5.34. The summed E-state index contributed by atoms with van der Waals surface area (Å²) in [7, 11) is 0. The van der Waals surface area contributed by atoms with Crippen LogP contribution in [0.5, 0.6) is 0 Å². The number of nitrogens with zero attached hydrogens (tertiary/aromatic N) is 1. The van der Waals surface area contributed by atoms with E-state index in [-0.39, 0.29) is 18.4 Å². The smallest absolute Gasteiger partial charge is 0.407 e. The van der Waals surface area contributed by atoms with Crippen molar-refractivity contribution in [2.75, 3.05) is 13.2 Å². The summed E-state index contributed by atoms with van der Waals surface area (Å²) in [4.78, 5) is 28.6. The van der Waals surface area contributed by atoms with E-state index in [2.05, 4.69) is 60.7 Å². The third-order valence-electron chi connectivity index (χ3n) is 4.40. The molecule has 1 aromatic carbocycles. The van der Waals surface area contributed by atoms with Crippen LogP contribution in [0.1, 0.15) is 45.4 Å². The number of carbonyl (C=O) groups is 2. The Morgan fingerprint density at radius 3 is 2.52 bits per heavy atom. The Kier molecular flexibility index (Phi) is 9.12. The van der Waals surface area contributed by atoms with E-state index in [0.29, 0.717) is 19.1 Å². The van der Waals surface area contributed by atoms with Gasteiger partial charge in [-0.25, -0.2) is 9.78 Å². The van der Waals surface area contributed by atoms with Crippen molar-refractivity contribution in [3.8, 4) is 10.6 Å². The van der Waals surface area contributed by atoms with Crippen LogP contribution in [-0.4, -0.2) is 36.2 Å². The van der Waals surface area contributed by atoms with E-state index < -0.39 is 6.09 Å². The number of alkyl carbamates (subject to hydrolysis) is 1. The molecule has 2 N–H and O–H groups in total. The summed E-state index contributed by atoms with van der Waals surface area (Å²) in [5.74, 6) is 0.279. The van der Waals surface area contributed by atoms with Crippen molar-refractivity contribution in [1.82, 2.24) is 15.6 Å². The Bertz CT molecular complexity index is 787. The molecule has 0 spiro atoms. The lowest BCUT2D eigenvalue weighted by Gasteiger charge is -2.20. The van der Waals surface area contributed by atoms with E-state index in [4.69, 9.17) is 4.74 Å². The van der Waals surface area contributed by atoms with E-state index in [1.54, 1.807) is 18.3 Å². The number of hydrogen-bond acceptors (Lipinski definition) is 5. The second-order valence-corrected chi connectivity index (χ2v) is 8.22. The number of hydrogen-bond donors (Lipinski definition) is 2. The van der Waals surface area contributed by atoms with Crippen LogP contribution in [0.2, 0.25) is 0 Å². The number of nitrogens with one attached hydrogen (secondary N) is 2. The summed E-state index contributed by atoms with van der Waals surface area (Å²) in [6.45, 7) is 8.73. The zero-order valence-electron chi connectivity index (χ0n) is 17.7. The van der Waals surface area contributed by atoms with Gasteiger partial charge in [0.05, 0.1) is 18.7 Å². The molecule has 0 saturated heterocycles. The number of thiazole rings is 1. The van der Waals surface area contributed by atoms with Gasteiger partial charge in [0.1, 0.15) is 5.01 Å². The Hall–Kier alpha value is -2.41. The highest BCUT2D eigenvalue weighted by Gasteiger charge is 2.16. The van der Waals surface area contributed by atoms with Gasteiger partial charge in [-0.05, 0) is 31.2 Å². The lowest BCUT2D eigenvalue weighted by molar-refractivity contribution is -0.120. The quantitative estimate of drug-likeness (QED) is 0.607. The maximum Gasteiger partial charge on any atom is 0.407 e. The molecular formula is C22H31N3O3S. The number of rotatable bonds is 10. The van der Waals surface area contributed by atoms with Crippen molar-refractivity contribution < 1.29 is 14.3 Å². The van der Waals surface area contributed by atoms with Crippen molar-refractivity contribution in [2.45, 2.75) is 53.0 Å². The summed E-state index contributed by atoms with van der Waals surface area (Å²) in [5, 5.41) is 8.55. The predicted molar refractivity (Wildman–Crippen MR) is 117 cm³/mol. The van der Waals surface area contributed by atoms with Crippen molar-refractivity contribution in [3.63, 3.8) is 0 Å². The van der Waals surface area contributed by atoms with E-state index in [1.807, 2.05) is 5.38 Å². The number of aromatic nitrogens is 1. The van der Waals surface area contributed by atoms with Gasteiger partial charge >= 0.3 is 6.09 Å². The monoisotopic (exact) mass is 417 g/mol. The molecule has 1 aromatic heterocycles. The van der Waals surface area contributed by atoms with Gasteiger partial charge in [-0.3, -0.25) is 4.79 Å². The van der Waals surface area contributed by atoms with Crippen LogP contribution < -0.4 is 10.6 Å². The van der Waals surface area contributed by atoms with E-state index in [1.165, 1.54) is 5.56 Å². The number of amides is 2. The van der Waals surface area contributed by atoms with Gasteiger partial charge in [-0.15, -0.1) is 11.3 Å². The maximum absolute atomic E-state index is 12.4. The minimum Gasteiger partial charge on any atom is -0.450 e. The molecule has 1 atom stereocenters. The van der Waals surface area contributed by atoms with Gasteiger partial charge in [0, 0.05) is 23.5 Å². The fourth-order valence-electron chi connectivity index (χ4n) is 2.97. The topological polar surface area (TPSA) is 80.3 Å². The first-order chi connectivity index (χ1) is 13.9. The first-order valence-corrected chi connectivity index (χ1v) is 11.0. The molecule has 2 aromatic rings. The Morgan fingerprint density at radius 1 is 1.17 bits per heavy atom. The van der Waals surface area contributed by atoms with Crippen LogP contribution >= 0.6 is 11.3 Å². The fourth-order valence-corrected chi connectivity index (χ4v) is 3.80. The number of aryl methyl sites for hydroxylation is 1. The lowest BCUT2D eigenvalue weighted by Crippen LogP contribution is -2.44. The second-order valence-electron chi connectivity index (χ2n) is 7.37. The van der Waals surface area contributed by atoms with Crippen molar-refractivity contribution in [1.29, 1.82) is 0 Å². The minimum absolute atomic E-state index is 0.109. The molecule has 0 bridgehead atoms. The average Bonchev–Trinajstić information content (AvgIpc) is 3.14. The van der Waals surface area contributed by atoms with Gasteiger partial charge < -0.3 is 15.4 Å². The molecule has 0 aliphatic heterocycles. The van der Waals surface area contributed by atoms with Crippen LogP contribution in [0.3, 0.4) is 0 Å². The normalized spacial score (nSPS) is 11.9. The fraction of sp³-hybridized carbons (Fsp3) is 0.500. The van der Waals surface area contributed by atoms with Crippen molar-refractivity contribution in [3.05, 3.63) is 40.9 Å². The summed E-state index contributed by atoms with van der Waals surface area (Å²) in [5.41, 5.74) is 3.10. The highest BCUT2D eigenvalue weighted by atomic mass is 32.1. The molecule has 158 valence electrons. The van der Waals surface area contributed by atoms with E-state index in [9.17, 15) is 9.59 Å². The molecular weight excluding hydrogens is 386 g/mol. The predicted octanol–water partition coefficient (Wildman–Crippen LogP) is 4.19. The molecule has 2 rings (SSSR count). The summed E-state index contributed by atoms with van der Waals surface area (Å²) in [6.07, 6.45) is 1.53. The first kappa shape index (κ1) is 22.9. The summed E-state index contributed by atoms with van der Waals surface area (Å²) < 4.78 is 4.94. The van der Waals surface area contributed by atoms with Crippen LogP contribution in [-0.2, 0) is 22.4 Å². The van der Waals surface area contributed by atoms with Crippen LogP contribution in [0.25, 0.3) is 10.6 Å². The van der Waals surface area contributed by atoms with Gasteiger partial charge in [0.25, 0.3) is 0 Å². The van der Waals surface area contributed by atoms with E-state index in [0.717, 1.165) is 29.1 Å².